The third-order valence-electron chi connectivity index (χ3n) is 0. The van der Waals surface area contributed by atoms with Gasteiger partial charge in [0.05, 0.1) is 0 Å². The molecule has 0 N–H and O–H groups in total. The quantitative estimate of drug-likeness (QED) is 0.390. The Hall–Kier alpha value is 1.63. The van der Waals surface area contributed by atoms with E-state index < -0.39 is 0 Å². The summed E-state index contributed by atoms with van der Waals surface area (Å²) in [7, 11) is 0. The minimum absolute atomic E-state index is 0. The predicted molar refractivity (Wildman–Crippen MR) is 7.84 cm³/mol. The van der Waals surface area contributed by atoms with Gasteiger partial charge < -0.3 is 0 Å². The summed E-state index contributed by atoms with van der Waals surface area (Å²) in [6.45, 7) is 0. The van der Waals surface area contributed by atoms with Gasteiger partial charge in [-0.05, 0) is 0 Å². The van der Waals surface area contributed by atoms with E-state index in [9.17, 15) is 0 Å². The summed E-state index contributed by atoms with van der Waals surface area (Å²) < 4.78 is 8.06. The van der Waals surface area contributed by atoms with Crippen LogP contribution in [0.5, 0.6) is 0 Å². The zero-order valence-electron chi connectivity index (χ0n) is 1.29. The van der Waals surface area contributed by atoms with Crippen LogP contribution in [0.2, 0.25) is 0 Å². The van der Waals surface area contributed by atoms with E-state index in [1.165, 1.54) is 0 Å². The van der Waals surface area contributed by atoms with Crippen molar-refractivity contribution in [2.75, 3.05) is 0 Å². The van der Waals surface area contributed by atoms with E-state index in [4.69, 9.17) is 3.83 Å². The maximum Gasteiger partial charge on any atom is 0 e. The van der Waals surface area contributed by atoms with Crippen molar-refractivity contribution in [3.63, 3.8) is 0 Å². The van der Waals surface area contributed by atoms with Gasteiger partial charge in [-0.2, -0.15) is 0 Å². The first kappa shape index (κ1) is 17.4. The van der Waals surface area contributed by atoms with E-state index in [1.54, 1.807) is 15.9 Å². The number of hydrogen-bond donors (Lipinski definition) is 0. The van der Waals surface area contributed by atoms with Crippen molar-refractivity contribution in [1.29, 1.82) is 0 Å². The molecule has 0 spiro atoms. The van der Waals surface area contributed by atoms with E-state index in [0.29, 0.717) is 0 Å². The van der Waals surface area contributed by atoms with Gasteiger partial charge in [0.1, 0.15) is 0 Å². The minimum atomic E-state index is 0. The summed E-state index contributed by atoms with van der Waals surface area (Å²) in [4.78, 5) is 0. The van der Waals surface area contributed by atoms with Crippen LogP contribution >= 0.6 is 0 Å². The molecular formula is HLiMnOTi. The van der Waals surface area contributed by atoms with Crippen molar-refractivity contribution in [3.05, 3.63) is 0 Å². The van der Waals surface area contributed by atoms with Gasteiger partial charge in [0.15, 0.2) is 0 Å². The maximum absolute atomic E-state index is 8.06. The third kappa shape index (κ3) is 9.45. The van der Waals surface area contributed by atoms with Gasteiger partial charge in [0.2, 0.25) is 0 Å². The Kier molecular flexibility index (Phi) is 100. The number of hydrogen-bond acceptors (Lipinski definition) is 1. The van der Waals surface area contributed by atoms with Gasteiger partial charge in [-0.25, -0.2) is 0 Å². The Morgan fingerprint density at radius 2 is 1.25 bits per heavy atom. The second kappa shape index (κ2) is 23.0. The molecule has 0 aromatic carbocycles. The Morgan fingerprint density at radius 1 is 1.25 bits per heavy atom. The molecule has 0 heterocycles. The zero-order chi connectivity index (χ0) is 2.00. The Bertz CT molecular complexity index is 8.00. The molecule has 0 aromatic heterocycles. The average molecular weight is 127 g/mol. The summed E-state index contributed by atoms with van der Waals surface area (Å²) >= 11 is 1.69. The van der Waals surface area contributed by atoms with Crippen LogP contribution in [-0.4, -0.2) is 18.9 Å². The molecule has 0 rings (SSSR count). The van der Waals surface area contributed by atoms with Crippen LogP contribution in [0.1, 0.15) is 0 Å². The SMILES string of the molecule is [LiH].[O]=[Mn].[Ti]. The van der Waals surface area contributed by atoms with Crippen LogP contribution in [0.25, 0.3) is 0 Å². The van der Waals surface area contributed by atoms with E-state index in [1.807, 2.05) is 0 Å². The van der Waals surface area contributed by atoms with Crippen molar-refractivity contribution in [2.24, 2.45) is 0 Å². The fourth-order valence-corrected chi connectivity index (χ4v) is 0. The van der Waals surface area contributed by atoms with Crippen LogP contribution in [0.3, 0.4) is 0 Å². The second-order valence-electron chi connectivity index (χ2n) is 0. The summed E-state index contributed by atoms with van der Waals surface area (Å²) in [6.07, 6.45) is 0. The molecule has 0 aliphatic heterocycles. The van der Waals surface area contributed by atoms with Crippen LogP contribution in [0, 0.1) is 0 Å². The van der Waals surface area contributed by atoms with Crippen LogP contribution in [0.4, 0.5) is 0 Å². The second-order valence-corrected chi connectivity index (χ2v) is 0. The zero-order valence-corrected chi connectivity index (χ0v) is 4.03. The van der Waals surface area contributed by atoms with Crippen LogP contribution < -0.4 is 0 Å². The van der Waals surface area contributed by atoms with Gasteiger partial charge in [0.25, 0.3) is 0 Å². The third-order valence-corrected chi connectivity index (χ3v) is 0. The van der Waals surface area contributed by atoms with Crippen molar-refractivity contribution in [1.82, 2.24) is 0 Å². The molecule has 0 bridgehead atoms. The summed E-state index contributed by atoms with van der Waals surface area (Å²) in [5, 5.41) is 0. The van der Waals surface area contributed by atoms with Gasteiger partial charge in [-0.15, -0.1) is 0 Å². The normalized spacial score (nSPS) is 1.00. The Morgan fingerprint density at radius 3 is 1.25 bits per heavy atom. The largest absolute Gasteiger partial charge is 0 e. The molecule has 0 aliphatic carbocycles. The van der Waals surface area contributed by atoms with E-state index >= 15 is 0 Å². The van der Waals surface area contributed by atoms with E-state index in [0.717, 1.165) is 0 Å². The smallest absolute Gasteiger partial charge is 0 e. The van der Waals surface area contributed by atoms with Crippen LogP contribution in [0.15, 0.2) is 0 Å². The maximum atomic E-state index is 8.06. The molecule has 4 heteroatoms. The molecule has 0 amide bonds. The molecule has 0 fully saturated rings. The fraction of sp³-hybridized carbons (Fsp3) is 0. The molecular weight excluding hydrogens is 126 g/mol. The van der Waals surface area contributed by atoms with E-state index in [-0.39, 0.29) is 40.6 Å². The molecule has 19 valence electrons. The minimum Gasteiger partial charge on any atom is 0 e. The molecule has 0 saturated heterocycles. The molecule has 4 heavy (non-hydrogen) atoms. The summed E-state index contributed by atoms with van der Waals surface area (Å²) in [5.41, 5.74) is 0. The molecule has 1 nitrogen and oxygen atoms in total. The molecule has 0 aliphatic rings. The van der Waals surface area contributed by atoms with Gasteiger partial charge in [-0.3, -0.25) is 0 Å². The van der Waals surface area contributed by atoms with Crippen molar-refractivity contribution in [3.8, 4) is 0 Å². The Labute approximate surface area is 60.0 Å². The van der Waals surface area contributed by atoms with Crippen molar-refractivity contribution >= 4 is 18.9 Å². The first-order valence-corrected chi connectivity index (χ1v) is 0.636. The number of rotatable bonds is 0. The topological polar surface area (TPSA) is 17.1 Å². The van der Waals surface area contributed by atoms with Crippen molar-refractivity contribution < 1.29 is 41.5 Å². The standard InChI is InChI=1S/Li.Mn.O.Ti.H. The van der Waals surface area contributed by atoms with Crippen molar-refractivity contribution in [2.45, 2.75) is 0 Å². The molecule has 0 atom stereocenters. The monoisotopic (exact) mass is 127 g/mol. The average Bonchev–Trinajstić information content (AvgIpc) is 1.00. The first-order valence-electron chi connectivity index (χ1n) is 0.154. The Balaban J connectivity index is -0.00000000500. The van der Waals surface area contributed by atoms with Crippen LogP contribution in [-0.2, 0) is 41.5 Å². The molecule has 0 aromatic rings. The molecule has 0 radical (unpaired) electrons. The molecule has 0 saturated carbocycles. The van der Waals surface area contributed by atoms with E-state index in [2.05, 4.69) is 0 Å². The molecule has 0 unspecified atom stereocenters. The summed E-state index contributed by atoms with van der Waals surface area (Å²) in [6, 6.07) is 0. The predicted octanol–water partition coefficient (Wildman–Crippen LogP) is -0.772. The van der Waals surface area contributed by atoms with Gasteiger partial charge >= 0.3 is 38.6 Å². The van der Waals surface area contributed by atoms with Gasteiger partial charge in [-0.1, -0.05) is 0 Å². The fourth-order valence-electron chi connectivity index (χ4n) is 0. The summed E-state index contributed by atoms with van der Waals surface area (Å²) in [5.74, 6) is 0. The van der Waals surface area contributed by atoms with Gasteiger partial charge in [0, 0.05) is 21.7 Å². The first-order chi connectivity index (χ1) is 1.00.